The molecule has 1 unspecified atom stereocenters. The monoisotopic (exact) mass is 592 g/mol. The number of benzene rings is 1. The number of likely N-dealkylation sites (tertiary alicyclic amines) is 1. The van der Waals surface area contributed by atoms with Gasteiger partial charge in [0.2, 0.25) is 11.8 Å². The van der Waals surface area contributed by atoms with Gasteiger partial charge in [-0.05, 0) is 67.7 Å². The molecule has 0 spiro atoms. The number of piperidine rings is 1. The number of ether oxygens (including phenoxy) is 1. The average molecular weight is 593 g/mol. The maximum Gasteiger partial charge on any atom is 0.324 e. The molecule has 230 valence electrons. The topological polar surface area (TPSA) is 105 Å². The molecule has 0 saturated carbocycles. The normalized spacial score (nSPS) is 21.0. The lowest BCUT2D eigenvalue weighted by Gasteiger charge is -2.30. The number of hydrogen-bond acceptors (Lipinski definition) is 7. The zero-order valence-corrected chi connectivity index (χ0v) is 25.1. The average Bonchev–Trinajstić information content (AvgIpc) is 3.71. The zero-order valence-electron chi connectivity index (χ0n) is 25.1. The predicted molar refractivity (Wildman–Crippen MR) is 160 cm³/mol. The third-order valence-electron chi connectivity index (χ3n) is 8.72. The van der Waals surface area contributed by atoms with Gasteiger partial charge in [-0.1, -0.05) is 31.1 Å². The molecule has 2 amide bonds. The number of anilines is 1. The van der Waals surface area contributed by atoms with Gasteiger partial charge < -0.3 is 19.5 Å². The lowest BCUT2D eigenvalue weighted by molar-refractivity contribution is -0.131. The predicted octanol–water partition coefficient (Wildman–Crippen LogP) is 5.19. The van der Waals surface area contributed by atoms with Crippen molar-refractivity contribution in [3.63, 3.8) is 0 Å². The van der Waals surface area contributed by atoms with E-state index in [-0.39, 0.29) is 54.3 Å². The van der Waals surface area contributed by atoms with Crippen LogP contribution in [0.1, 0.15) is 82.5 Å². The van der Waals surface area contributed by atoms with Crippen LogP contribution in [-0.4, -0.2) is 65.8 Å². The summed E-state index contributed by atoms with van der Waals surface area (Å²) in [5.74, 6) is 0.810. The molecule has 3 heterocycles. The van der Waals surface area contributed by atoms with Crippen LogP contribution in [0.2, 0.25) is 0 Å². The van der Waals surface area contributed by atoms with E-state index < -0.39 is 0 Å². The number of allylic oxidation sites excluding steroid dienone is 2. The van der Waals surface area contributed by atoms with Gasteiger partial charge in [0.25, 0.3) is 0 Å². The minimum absolute atomic E-state index is 0.0654. The van der Waals surface area contributed by atoms with E-state index in [4.69, 9.17) is 15.8 Å². The lowest BCUT2D eigenvalue weighted by atomic mass is 9.86. The molecule has 1 aromatic carbocycles. The quantitative estimate of drug-likeness (QED) is 0.379. The van der Waals surface area contributed by atoms with Crippen LogP contribution in [0.15, 0.2) is 28.8 Å². The number of hydrogen-bond donors (Lipinski definition) is 1. The standard InChI is InChI=1S/C32H41FN6O4/c1-21(2)30-36-32(43-37-30)38-17-13-22(14-18-38)20-42-27-11-10-25(19-26(27)33)23-6-8-24(9-7-23)31(41)35-15-12-29(40)39-16-4-5-28(39)34-3/h6,10-11,19,21-22,24,28H,4-5,7-9,12-18,20H2,1-2H3,(H,35,41)/t24?,28-/m0/s1. The molecule has 11 heteroatoms. The minimum Gasteiger partial charge on any atom is -0.490 e. The zero-order chi connectivity index (χ0) is 30.3. The fourth-order valence-electron chi connectivity index (χ4n) is 5.99. The first-order valence-electron chi connectivity index (χ1n) is 15.5. The maximum atomic E-state index is 15.0. The fraction of sp³-hybridized carbons (Fsp3) is 0.594. The van der Waals surface area contributed by atoms with Crippen molar-refractivity contribution >= 4 is 23.4 Å². The van der Waals surface area contributed by atoms with Crippen LogP contribution in [-0.2, 0) is 9.59 Å². The highest BCUT2D eigenvalue weighted by atomic mass is 19.1. The summed E-state index contributed by atoms with van der Waals surface area (Å²) in [6.07, 6.45) is 7.15. The molecule has 1 N–H and O–H groups in total. The van der Waals surface area contributed by atoms with Gasteiger partial charge in [0.05, 0.1) is 6.61 Å². The number of halogens is 1. The van der Waals surface area contributed by atoms with Gasteiger partial charge >= 0.3 is 12.2 Å². The van der Waals surface area contributed by atoms with E-state index >= 15 is 0 Å². The molecule has 3 aliphatic rings. The molecule has 0 radical (unpaired) electrons. The van der Waals surface area contributed by atoms with Gasteiger partial charge in [0.15, 0.2) is 17.4 Å². The number of carbonyl (C=O) groups excluding carboxylic acids is 2. The van der Waals surface area contributed by atoms with Crippen molar-refractivity contribution in [3.8, 4) is 5.75 Å². The van der Waals surface area contributed by atoms with Gasteiger partial charge in [-0.25, -0.2) is 11.0 Å². The third-order valence-corrected chi connectivity index (χ3v) is 8.72. The van der Waals surface area contributed by atoms with E-state index in [9.17, 15) is 14.0 Å². The molecule has 5 rings (SSSR count). The van der Waals surface area contributed by atoms with Gasteiger partial charge in [-0.15, -0.1) is 0 Å². The van der Waals surface area contributed by atoms with E-state index in [0.717, 1.165) is 49.9 Å². The smallest absolute Gasteiger partial charge is 0.324 e. The molecule has 10 nitrogen and oxygen atoms in total. The second-order valence-corrected chi connectivity index (χ2v) is 12.1. The fourth-order valence-corrected chi connectivity index (χ4v) is 5.99. The van der Waals surface area contributed by atoms with Gasteiger partial charge in [0, 0.05) is 50.9 Å². The van der Waals surface area contributed by atoms with Crippen LogP contribution in [0.3, 0.4) is 0 Å². The van der Waals surface area contributed by atoms with E-state index in [2.05, 4.69) is 25.2 Å². The summed E-state index contributed by atoms with van der Waals surface area (Å²) >= 11 is 0. The Labute approximate surface area is 252 Å². The van der Waals surface area contributed by atoms with Crippen molar-refractivity contribution in [1.82, 2.24) is 20.4 Å². The van der Waals surface area contributed by atoms with Crippen LogP contribution in [0.5, 0.6) is 5.75 Å². The minimum atomic E-state index is -0.383. The highest BCUT2D eigenvalue weighted by molar-refractivity contribution is 5.82. The molecule has 2 saturated heterocycles. The number of nitrogens with one attached hydrogen (secondary N) is 1. The summed E-state index contributed by atoms with van der Waals surface area (Å²) < 4.78 is 26.3. The molecule has 2 fully saturated rings. The van der Waals surface area contributed by atoms with Gasteiger partial charge in [-0.2, -0.15) is 4.98 Å². The first kappa shape index (κ1) is 30.5. The highest BCUT2D eigenvalue weighted by Crippen LogP contribution is 2.33. The Morgan fingerprint density at radius 1 is 1.21 bits per heavy atom. The molecule has 2 aromatic rings. The van der Waals surface area contributed by atoms with Crippen LogP contribution in [0, 0.1) is 24.2 Å². The molecule has 1 aromatic heterocycles. The number of nitrogens with zero attached hydrogens (tertiary/aromatic N) is 5. The van der Waals surface area contributed by atoms with Crippen LogP contribution < -0.4 is 15.0 Å². The van der Waals surface area contributed by atoms with Crippen molar-refractivity contribution in [3.05, 3.63) is 52.9 Å². The Hall–Kier alpha value is -3.94. The molecule has 1 aliphatic carbocycles. The number of carbonyl (C=O) groups is 2. The van der Waals surface area contributed by atoms with Crippen molar-refractivity contribution < 1.29 is 23.2 Å². The number of aromatic nitrogens is 2. The van der Waals surface area contributed by atoms with Gasteiger partial charge in [0.1, 0.15) is 0 Å². The second-order valence-electron chi connectivity index (χ2n) is 12.1. The third kappa shape index (κ3) is 7.53. The largest absolute Gasteiger partial charge is 0.490 e. The summed E-state index contributed by atoms with van der Waals surface area (Å²) in [7, 11) is 0. The molecule has 0 bridgehead atoms. The molecule has 43 heavy (non-hydrogen) atoms. The Balaban J connectivity index is 1.04. The second kappa shape index (κ2) is 14.0. The molecular formula is C32H41FN6O4. The molecule has 2 aliphatic heterocycles. The Bertz CT molecular complexity index is 1360. The number of rotatable bonds is 10. The Morgan fingerprint density at radius 2 is 2.02 bits per heavy atom. The molecular weight excluding hydrogens is 551 g/mol. The van der Waals surface area contributed by atoms with E-state index in [1.165, 1.54) is 6.07 Å². The summed E-state index contributed by atoms with van der Waals surface area (Å²) in [6, 6.07) is 5.66. The van der Waals surface area contributed by atoms with E-state index in [0.29, 0.717) is 50.2 Å². The Morgan fingerprint density at radius 3 is 2.70 bits per heavy atom. The van der Waals surface area contributed by atoms with Crippen LogP contribution in [0.4, 0.5) is 10.4 Å². The summed E-state index contributed by atoms with van der Waals surface area (Å²) in [5, 5.41) is 6.93. The first-order chi connectivity index (χ1) is 20.8. The van der Waals surface area contributed by atoms with Crippen LogP contribution >= 0.6 is 0 Å². The van der Waals surface area contributed by atoms with E-state index in [1.807, 2.05) is 26.0 Å². The SMILES string of the molecule is [C-]#[N+][C@@H]1CCCN1C(=O)CCNC(=O)C1CC=C(c2ccc(OCC3CCN(c4nc(C(C)C)no4)CC3)c(F)c2)CC1. The van der Waals surface area contributed by atoms with Crippen molar-refractivity contribution in [2.45, 2.75) is 77.3 Å². The Kier molecular flexibility index (Phi) is 9.95. The summed E-state index contributed by atoms with van der Waals surface area (Å²) in [6.45, 7) is 14.2. The van der Waals surface area contributed by atoms with E-state index in [1.54, 1.807) is 11.0 Å². The van der Waals surface area contributed by atoms with Crippen molar-refractivity contribution in [2.24, 2.45) is 11.8 Å². The maximum absolute atomic E-state index is 15.0. The molecule has 2 atom stereocenters. The first-order valence-corrected chi connectivity index (χ1v) is 15.5. The number of amides is 2. The summed E-state index contributed by atoms with van der Waals surface area (Å²) in [5.41, 5.74) is 1.83. The van der Waals surface area contributed by atoms with Gasteiger partial charge in [-0.3, -0.25) is 19.3 Å². The van der Waals surface area contributed by atoms with Crippen LogP contribution in [0.25, 0.3) is 10.4 Å². The van der Waals surface area contributed by atoms with Crippen molar-refractivity contribution in [2.75, 3.05) is 37.7 Å². The van der Waals surface area contributed by atoms with Crippen molar-refractivity contribution in [1.29, 1.82) is 0 Å². The summed E-state index contributed by atoms with van der Waals surface area (Å²) in [4.78, 5) is 36.8. The highest BCUT2D eigenvalue weighted by Gasteiger charge is 2.32. The lowest BCUT2D eigenvalue weighted by Crippen LogP contribution is -2.38.